The van der Waals surface area contributed by atoms with E-state index < -0.39 is 0 Å². The lowest BCUT2D eigenvalue weighted by atomic mass is 10.0. The minimum Gasteiger partial charge on any atom is -0.497 e. The smallest absolute Gasteiger partial charge is 0.174 e. The molecule has 0 aliphatic heterocycles. The highest BCUT2D eigenvalue weighted by Gasteiger charge is 2.21. The van der Waals surface area contributed by atoms with Crippen LogP contribution in [0.15, 0.2) is 47.0 Å². The van der Waals surface area contributed by atoms with E-state index in [1.54, 1.807) is 38.5 Å². The minimum absolute atomic E-state index is 0.237. The van der Waals surface area contributed by atoms with Crippen LogP contribution in [0.1, 0.15) is 5.56 Å². The van der Waals surface area contributed by atoms with Gasteiger partial charge in [0.2, 0.25) is 0 Å². The van der Waals surface area contributed by atoms with Crippen molar-refractivity contribution in [3.8, 4) is 34.1 Å². The molecule has 124 valence electrons. The van der Waals surface area contributed by atoms with E-state index in [1.165, 1.54) is 0 Å². The molecule has 0 aliphatic rings. The lowest BCUT2D eigenvalue weighted by Crippen LogP contribution is -1.92. The zero-order valence-corrected chi connectivity index (χ0v) is 14.0. The first-order valence-electron chi connectivity index (χ1n) is 7.25. The van der Waals surface area contributed by atoms with Crippen LogP contribution in [0.5, 0.6) is 11.5 Å². The van der Waals surface area contributed by atoms with Gasteiger partial charge in [0.15, 0.2) is 5.76 Å². The Hall–Kier alpha value is -2.50. The van der Waals surface area contributed by atoms with Crippen molar-refractivity contribution >= 4 is 11.6 Å². The molecule has 0 fully saturated rings. The maximum absolute atomic E-state index is 9.85. The maximum Gasteiger partial charge on any atom is 0.174 e. The number of methoxy groups -OCH3 is 2. The first-order valence-corrected chi connectivity index (χ1v) is 7.63. The monoisotopic (exact) mass is 345 g/mol. The van der Waals surface area contributed by atoms with Gasteiger partial charge in [0, 0.05) is 17.2 Å². The first-order chi connectivity index (χ1) is 11.7. The highest BCUT2D eigenvalue weighted by molar-refractivity contribution is 6.33. The van der Waals surface area contributed by atoms with E-state index in [9.17, 15) is 5.11 Å². The molecule has 0 saturated carbocycles. The quantitative estimate of drug-likeness (QED) is 0.751. The SMILES string of the molecule is COc1cc(OC)cc(-c2noc(-c3ccccc3Cl)c2CO)c1. The Morgan fingerprint density at radius 3 is 2.33 bits per heavy atom. The van der Waals surface area contributed by atoms with E-state index >= 15 is 0 Å². The topological polar surface area (TPSA) is 64.7 Å². The van der Waals surface area contributed by atoms with Crippen molar-refractivity contribution in [2.24, 2.45) is 0 Å². The predicted octanol–water partition coefficient (Wildman–Crippen LogP) is 4.17. The molecular weight excluding hydrogens is 330 g/mol. The third kappa shape index (κ3) is 2.96. The first kappa shape index (κ1) is 16.4. The third-order valence-corrected chi connectivity index (χ3v) is 4.02. The van der Waals surface area contributed by atoms with Gasteiger partial charge in [-0.1, -0.05) is 28.9 Å². The Bertz CT molecular complexity index is 838. The molecule has 1 N–H and O–H groups in total. The molecule has 24 heavy (non-hydrogen) atoms. The lowest BCUT2D eigenvalue weighted by Gasteiger charge is -2.08. The van der Waals surface area contributed by atoms with Crippen LogP contribution in [0.25, 0.3) is 22.6 Å². The fourth-order valence-electron chi connectivity index (χ4n) is 2.48. The van der Waals surface area contributed by atoms with Gasteiger partial charge in [-0.25, -0.2) is 0 Å². The summed E-state index contributed by atoms with van der Waals surface area (Å²) < 4.78 is 16.0. The van der Waals surface area contributed by atoms with E-state index in [2.05, 4.69) is 5.16 Å². The van der Waals surface area contributed by atoms with Gasteiger partial charge in [-0.05, 0) is 24.3 Å². The number of ether oxygens (including phenoxy) is 2. The average molecular weight is 346 g/mol. The molecule has 1 aromatic heterocycles. The Kier molecular flexibility index (Phi) is 4.74. The summed E-state index contributed by atoms with van der Waals surface area (Å²) in [5.74, 6) is 1.69. The van der Waals surface area contributed by atoms with Crippen LogP contribution in [0.3, 0.4) is 0 Å². The molecule has 0 saturated heterocycles. The van der Waals surface area contributed by atoms with Gasteiger partial charge < -0.3 is 19.1 Å². The minimum atomic E-state index is -0.237. The third-order valence-electron chi connectivity index (χ3n) is 3.69. The summed E-state index contributed by atoms with van der Waals surface area (Å²) in [5, 5.41) is 14.5. The van der Waals surface area contributed by atoms with Crippen molar-refractivity contribution in [2.45, 2.75) is 6.61 Å². The summed E-state index contributed by atoms with van der Waals surface area (Å²) in [6.45, 7) is -0.237. The molecule has 0 atom stereocenters. The van der Waals surface area contributed by atoms with E-state index in [-0.39, 0.29) is 6.61 Å². The zero-order chi connectivity index (χ0) is 17.1. The maximum atomic E-state index is 9.85. The zero-order valence-electron chi connectivity index (χ0n) is 13.2. The molecule has 3 rings (SSSR count). The van der Waals surface area contributed by atoms with Crippen LogP contribution in [0.2, 0.25) is 5.02 Å². The van der Waals surface area contributed by atoms with E-state index in [1.807, 2.05) is 18.2 Å². The summed E-state index contributed by atoms with van der Waals surface area (Å²) in [5.41, 5.74) is 2.47. The van der Waals surface area contributed by atoms with Crippen molar-refractivity contribution in [1.29, 1.82) is 0 Å². The summed E-state index contributed by atoms with van der Waals surface area (Å²) in [6, 6.07) is 12.6. The number of hydrogen-bond acceptors (Lipinski definition) is 5. The van der Waals surface area contributed by atoms with Crippen LogP contribution >= 0.6 is 11.6 Å². The molecule has 5 nitrogen and oxygen atoms in total. The second-order valence-corrected chi connectivity index (χ2v) is 5.49. The molecular formula is C18H16ClNO4. The largest absolute Gasteiger partial charge is 0.497 e. The van der Waals surface area contributed by atoms with Gasteiger partial charge in [-0.2, -0.15) is 0 Å². The van der Waals surface area contributed by atoms with Crippen molar-refractivity contribution in [3.63, 3.8) is 0 Å². The van der Waals surface area contributed by atoms with Crippen LogP contribution in [0.4, 0.5) is 0 Å². The molecule has 2 aromatic carbocycles. The number of benzene rings is 2. The number of aromatic nitrogens is 1. The summed E-state index contributed by atoms with van der Waals surface area (Å²) >= 11 is 6.23. The number of aliphatic hydroxyl groups excluding tert-OH is 1. The lowest BCUT2D eigenvalue weighted by molar-refractivity contribution is 0.281. The van der Waals surface area contributed by atoms with Crippen molar-refractivity contribution in [2.75, 3.05) is 14.2 Å². The normalized spacial score (nSPS) is 10.7. The molecule has 0 unspecified atom stereocenters. The van der Waals surface area contributed by atoms with Gasteiger partial charge in [0.25, 0.3) is 0 Å². The van der Waals surface area contributed by atoms with Crippen LogP contribution < -0.4 is 9.47 Å². The van der Waals surface area contributed by atoms with E-state index in [4.69, 9.17) is 25.6 Å². The Morgan fingerprint density at radius 2 is 1.75 bits per heavy atom. The Labute approximate surface area is 144 Å². The fourth-order valence-corrected chi connectivity index (χ4v) is 2.71. The van der Waals surface area contributed by atoms with E-state index in [0.29, 0.717) is 39.1 Å². The van der Waals surface area contributed by atoms with Gasteiger partial charge in [-0.15, -0.1) is 0 Å². The molecule has 0 radical (unpaired) electrons. The second-order valence-electron chi connectivity index (χ2n) is 5.08. The highest BCUT2D eigenvalue weighted by atomic mass is 35.5. The summed E-state index contributed by atoms with van der Waals surface area (Å²) in [4.78, 5) is 0. The van der Waals surface area contributed by atoms with Gasteiger partial charge in [0.05, 0.1) is 31.4 Å². The van der Waals surface area contributed by atoms with Gasteiger partial charge in [0.1, 0.15) is 17.2 Å². The fraction of sp³-hybridized carbons (Fsp3) is 0.167. The Morgan fingerprint density at radius 1 is 1.08 bits per heavy atom. The molecule has 6 heteroatoms. The van der Waals surface area contributed by atoms with E-state index in [0.717, 1.165) is 5.56 Å². The van der Waals surface area contributed by atoms with Crippen LogP contribution in [0, 0.1) is 0 Å². The predicted molar refractivity (Wildman–Crippen MR) is 91.4 cm³/mol. The molecule has 0 spiro atoms. The van der Waals surface area contributed by atoms with Crippen molar-refractivity contribution < 1.29 is 19.1 Å². The molecule has 1 heterocycles. The summed E-state index contributed by atoms with van der Waals surface area (Å²) in [6.07, 6.45) is 0. The number of aliphatic hydroxyl groups is 1. The molecule has 3 aromatic rings. The summed E-state index contributed by atoms with van der Waals surface area (Å²) in [7, 11) is 3.15. The number of rotatable bonds is 5. The van der Waals surface area contributed by atoms with Crippen LogP contribution in [-0.4, -0.2) is 24.5 Å². The average Bonchev–Trinajstić information content (AvgIpc) is 3.05. The highest BCUT2D eigenvalue weighted by Crippen LogP contribution is 2.37. The number of hydrogen-bond donors (Lipinski definition) is 1. The van der Waals surface area contributed by atoms with Crippen molar-refractivity contribution in [1.82, 2.24) is 5.16 Å². The molecule has 0 bridgehead atoms. The second kappa shape index (κ2) is 6.95. The van der Waals surface area contributed by atoms with Gasteiger partial charge >= 0.3 is 0 Å². The number of nitrogens with zero attached hydrogens (tertiary/aromatic N) is 1. The molecule has 0 aliphatic carbocycles. The Balaban J connectivity index is 2.16. The van der Waals surface area contributed by atoms with Crippen LogP contribution in [-0.2, 0) is 6.61 Å². The standard InChI is InChI=1S/C18H16ClNO4/c1-22-12-7-11(8-13(9-12)23-2)17-15(10-21)18(24-20-17)14-5-3-4-6-16(14)19/h3-9,21H,10H2,1-2H3. The number of halogens is 1. The van der Waals surface area contributed by atoms with Crippen molar-refractivity contribution in [3.05, 3.63) is 53.1 Å². The van der Waals surface area contributed by atoms with Gasteiger partial charge in [-0.3, -0.25) is 0 Å². The molecule has 0 amide bonds.